The van der Waals surface area contributed by atoms with Crippen LogP contribution in [0, 0.1) is 13.8 Å². The Balaban J connectivity index is 1.69. The van der Waals surface area contributed by atoms with Gasteiger partial charge in [0.2, 0.25) is 0 Å². The van der Waals surface area contributed by atoms with E-state index in [2.05, 4.69) is 22.1 Å². The lowest BCUT2D eigenvalue weighted by molar-refractivity contribution is 0.0135. The minimum Gasteiger partial charge on any atom is -0.465 e. The Morgan fingerprint density at radius 1 is 1.16 bits per heavy atom. The summed E-state index contributed by atoms with van der Waals surface area (Å²) in [7, 11) is 0. The molecule has 134 valence electrons. The van der Waals surface area contributed by atoms with Gasteiger partial charge in [0.1, 0.15) is 11.5 Å². The molecule has 0 bridgehead atoms. The molecule has 6 heteroatoms. The zero-order chi connectivity index (χ0) is 17.6. The van der Waals surface area contributed by atoms with Crippen LogP contribution in [0.4, 0.5) is 5.69 Å². The van der Waals surface area contributed by atoms with Crippen LogP contribution in [-0.4, -0.2) is 43.7 Å². The summed E-state index contributed by atoms with van der Waals surface area (Å²) in [5.41, 5.74) is 8.21. The zero-order valence-electron chi connectivity index (χ0n) is 14.9. The van der Waals surface area contributed by atoms with Gasteiger partial charge in [-0.15, -0.1) is 0 Å². The van der Waals surface area contributed by atoms with Crippen LogP contribution < -0.4 is 11.1 Å². The molecule has 3 rings (SSSR count). The largest absolute Gasteiger partial charge is 0.465 e. The molecule has 0 amide bonds. The molecule has 0 spiro atoms. The zero-order valence-corrected chi connectivity index (χ0v) is 14.9. The van der Waals surface area contributed by atoms with Gasteiger partial charge in [0.15, 0.2) is 5.96 Å². The van der Waals surface area contributed by atoms with E-state index < -0.39 is 0 Å². The van der Waals surface area contributed by atoms with E-state index in [1.54, 1.807) is 0 Å². The van der Waals surface area contributed by atoms with Gasteiger partial charge >= 0.3 is 0 Å². The number of aryl methyl sites for hydroxylation is 2. The molecule has 2 aromatic rings. The van der Waals surface area contributed by atoms with E-state index in [9.17, 15) is 0 Å². The summed E-state index contributed by atoms with van der Waals surface area (Å²) in [6, 6.07) is 12.1. The number of rotatable bonds is 5. The maximum atomic E-state index is 6.07. The molecule has 1 aromatic heterocycles. The summed E-state index contributed by atoms with van der Waals surface area (Å²) in [6.07, 6.45) is 0. The molecule has 1 saturated heterocycles. The average molecular weight is 342 g/mol. The molecule has 0 radical (unpaired) electrons. The van der Waals surface area contributed by atoms with Gasteiger partial charge in [0.25, 0.3) is 0 Å². The number of hydrogen-bond acceptors (Lipinski definition) is 4. The first kappa shape index (κ1) is 17.5. The van der Waals surface area contributed by atoms with Crippen LogP contribution in [0.2, 0.25) is 0 Å². The van der Waals surface area contributed by atoms with Crippen molar-refractivity contribution in [3.63, 3.8) is 0 Å². The molecule has 1 fully saturated rings. The number of anilines is 1. The van der Waals surface area contributed by atoms with Crippen molar-refractivity contribution >= 4 is 11.6 Å². The number of hydrogen-bond donors (Lipinski definition) is 2. The number of nitrogens with zero attached hydrogens (tertiary/aromatic N) is 2. The topological polar surface area (TPSA) is 76.0 Å². The summed E-state index contributed by atoms with van der Waals surface area (Å²) in [5.74, 6) is 2.24. The first-order chi connectivity index (χ1) is 12.1. The fourth-order valence-electron chi connectivity index (χ4n) is 2.92. The third kappa shape index (κ3) is 4.84. The Hall–Kier alpha value is -2.31. The predicted octanol–water partition coefficient (Wildman–Crippen LogP) is 2.70. The number of nitrogens with two attached hydrogens (primary N) is 1. The Morgan fingerprint density at radius 3 is 2.52 bits per heavy atom. The second-order valence-electron chi connectivity index (χ2n) is 6.33. The van der Waals surface area contributed by atoms with Gasteiger partial charge in [0.05, 0.1) is 25.8 Å². The van der Waals surface area contributed by atoms with Crippen molar-refractivity contribution in [2.45, 2.75) is 19.9 Å². The molecule has 2 heterocycles. The highest BCUT2D eigenvalue weighted by Gasteiger charge is 2.25. The molecule has 0 saturated carbocycles. The van der Waals surface area contributed by atoms with Crippen molar-refractivity contribution in [2.75, 3.05) is 38.2 Å². The lowest BCUT2D eigenvalue weighted by Gasteiger charge is -2.32. The van der Waals surface area contributed by atoms with Crippen molar-refractivity contribution in [2.24, 2.45) is 10.7 Å². The first-order valence-corrected chi connectivity index (χ1v) is 8.63. The third-order valence-corrected chi connectivity index (χ3v) is 4.33. The fraction of sp³-hybridized carbons (Fsp3) is 0.421. The Kier molecular flexibility index (Phi) is 5.73. The Morgan fingerprint density at radius 2 is 1.88 bits per heavy atom. The SMILES string of the molecule is Cc1ccc(NC(N)=NCC(c2ccc(C)o2)N2CCOCC2)cc1. The molecular weight excluding hydrogens is 316 g/mol. The molecule has 0 aliphatic carbocycles. The van der Waals surface area contributed by atoms with E-state index in [0.717, 1.165) is 43.5 Å². The monoisotopic (exact) mass is 342 g/mol. The molecule has 6 nitrogen and oxygen atoms in total. The minimum absolute atomic E-state index is 0.0657. The highest BCUT2D eigenvalue weighted by atomic mass is 16.5. The molecule has 1 aliphatic heterocycles. The molecule has 1 aromatic carbocycles. The van der Waals surface area contributed by atoms with E-state index in [4.69, 9.17) is 14.9 Å². The van der Waals surface area contributed by atoms with Crippen molar-refractivity contribution < 1.29 is 9.15 Å². The van der Waals surface area contributed by atoms with Crippen molar-refractivity contribution in [1.82, 2.24) is 4.90 Å². The summed E-state index contributed by atoms with van der Waals surface area (Å²) >= 11 is 0. The first-order valence-electron chi connectivity index (χ1n) is 8.63. The normalized spacial score (nSPS) is 17.4. The molecule has 1 aliphatic rings. The second kappa shape index (κ2) is 8.18. The van der Waals surface area contributed by atoms with Crippen LogP contribution in [0.25, 0.3) is 0 Å². The number of morpholine rings is 1. The smallest absolute Gasteiger partial charge is 0.193 e. The van der Waals surface area contributed by atoms with E-state index in [-0.39, 0.29) is 6.04 Å². The van der Waals surface area contributed by atoms with E-state index in [1.165, 1.54) is 5.56 Å². The summed E-state index contributed by atoms with van der Waals surface area (Å²) < 4.78 is 11.3. The van der Waals surface area contributed by atoms with Crippen LogP contribution in [-0.2, 0) is 4.74 Å². The average Bonchev–Trinajstić information content (AvgIpc) is 3.04. The number of aliphatic imine (C=N–C) groups is 1. The van der Waals surface area contributed by atoms with Gasteiger partial charge in [-0.05, 0) is 38.1 Å². The van der Waals surface area contributed by atoms with Crippen LogP contribution in [0.3, 0.4) is 0 Å². The number of guanidine groups is 1. The lowest BCUT2D eigenvalue weighted by Crippen LogP contribution is -2.40. The van der Waals surface area contributed by atoms with Gasteiger partial charge in [-0.3, -0.25) is 9.89 Å². The van der Waals surface area contributed by atoms with Crippen LogP contribution in [0.15, 0.2) is 45.8 Å². The van der Waals surface area contributed by atoms with Crippen molar-refractivity contribution in [3.8, 4) is 0 Å². The van der Waals surface area contributed by atoms with Crippen molar-refractivity contribution in [1.29, 1.82) is 0 Å². The number of furan rings is 1. The molecule has 3 N–H and O–H groups in total. The van der Waals surface area contributed by atoms with Gasteiger partial charge < -0.3 is 20.2 Å². The minimum atomic E-state index is 0.0657. The molecule has 1 unspecified atom stereocenters. The molecule has 25 heavy (non-hydrogen) atoms. The highest BCUT2D eigenvalue weighted by molar-refractivity contribution is 5.92. The van der Waals surface area contributed by atoms with Gasteiger partial charge in [-0.1, -0.05) is 17.7 Å². The number of nitrogens with one attached hydrogen (secondary N) is 1. The molecular formula is C19H26N4O2. The summed E-state index contributed by atoms with van der Waals surface area (Å²) in [5, 5.41) is 3.14. The molecule has 1 atom stereocenters. The number of ether oxygens (including phenoxy) is 1. The standard InChI is InChI=1S/C19H26N4O2/c1-14-3-6-16(7-4-14)22-19(20)21-13-17(18-8-5-15(2)25-18)23-9-11-24-12-10-23/h3-8,17H,9-13H2,1-2H3,(H3,20,21,22). The van der Waals surface area contributed by atoms with E-state index in [1.807, 2.05) is 43.3 Å². The summed E-state index contributed by atoms with van der Waals surface area (Å²) in [6.45, 7) is 7.75. The fourth-order valence-corrected chi connectivity index (χ4v) is 2.92. The predicted molar refractivity (Wildman–Crippen MR) is 99.9 cm³/mol. The quantitative estimate of drug-likeness (QED) is 0.645. The maximum absolute atomic E-state index is 6.07. The van der Waals surface area contributed by atoms with Crippen LogP contribution in [0.1, 0.15) is 23.1 Å². The van der Waals surface area contributed by atoms with E-state index >= 15 is 0 Å². The summed E-state index contributed by atoms with van der Waals surface area (Å²) in [4.78, 5) is 6.88. The van der Waals surface area contributed by atoms with Gasteiger partial charge in [-0.2, -0.15) is 0 Å². The maximum Gasteiger partial charge on any atom is 0.193 e. The lowest BCUT2D eigenvalue weighted by atomic mass is 10.1. The third-order valence-electron chi connectivity index (χ3n) is 4.33. The van der Waals surface area contributed by atoms with E-state index in [0.29, 0.717) is 12.5 Å². The Labute approximate surface area is 148 Å². The van der Waals surface area contributed by atoms with Gasteiger partial charge in [0, 0.05) is 18.8 Å². The van der Waals surface area contributed by atoms with Crippen LogP contribution >= 0.6 is 0 Å². The highest BCUT2D eigenvalue weighted by Crippen LogP contribution is 2.24. The Bertz CT molecular complexity index is 702. The second-order valence-corrected chi connectivity index (χ2v) is 6.33. The van der Waals surface area contributed by atoms with Crippen LogP contribution in [0.5, 0.6) is 0 Å². The number of benzene rings is 1. The van der Waals surface area contributed by atoms with Crippen molar-refractivity contribution in [3.05, 3.63) is 53.5 Å². The van der Waals surface area contributed by atoms with Gasteiger partial charge in [-0.25, -0.2) is 0 Å².